The number of hydrogen-bond donors (Lipinski definition) is 1. The summed E-state index contributed by atoms with van der Waals surface area (Å²) in [6.45, 7) is 7.73. The van der Waals surface area contributed by atoms with Crippen LogP contribution >= 0.6 is 0 Å². The van der Waals surface area contributed by atoms with Gasteiger partial charge < -0.3 is 5.32 Å². The molecule has 4 nitrogen and oxygen atoms in total. The Morgan fingerprint density at radius 3 is 2.52 bits per heavy atom. The fourth-order valence-corrected chi connectivity index (χ4v) is 3.82. The lowest BCUT2D eigenvalue weighted by atomic mass is 10.1. The van der Waals surface area contributed by atoms with E-state index in [2.05, 4.69) is 11.2 Å². The Morgan fingerprint density at radius 1 is 1.29 bits per heavy atom. The number of nitrogens with zero attached hydrogens (tertiary/aromatic N) is 1. The Morgan fingerprint density at radius 2 is 2.00 bits per heavy atom. The molecule has 0 saturated carbocycles. The molecule has 1 aromatic carbocycles. The Hall–Kier alpha value is -1.35. The Balaban J connectivity index is 3.27. The largest absolute Gasteiger partial charge is 0.313 e. The quantitative estimate of drug-likeness (QED) is 0.747. The fraction of sp³-hybridized carbons (Fsp3) is 0.500. The van der Waals surface area contributed by atoms with Crippen molar-refractivity contribution in [2.24, 2.45) is 0 Å². The van der Waals surface area contributed by atoms with Crippen molar-refractivity contribution in [1.82, 2.24) is 9.62 Å². The van der Waals surface area contributed by atoms with Crippen molar-refractivity contribution in [2.75, 3.05) is 19.6 Å². The van der Waals surface area contributed by atoms with Gasteiger partial charge >= 0.3 is 0 Å². The van der Waals surface area contributed by atoms with Gasteiger partial charge in [-0.1, -0.05) is 38.8 Å². The number of sulfonamides is 1. The van der Waals surface area contributed by atoms with Crippen molar-refractivity contribution in [3.05, 3.63) is 29.3 Å². The topological polar surface area (TPSA) is 49.4 Å². The smallest absolute Gasteiger partial charge is 0.244 e. The Bertz CT molecular complexity index is 603. The van der Waals surface area contributed by atoms with Crippen LogP contribution in [-0.2, 0) is 23.0 Å². The lowest BCUT2D eigenvalue weighted by Gasteiger charge is -2.20. The predicted molar refractivity (Wildman–Crippen MR) is 86.5 cm³/mol. The summed E-state index contributed by atoms with van der Waals surface area (Å²) in [7, 11) is -3.54. The maximum Gasteiger partial charge on any atom is 0.244 e. The van der Waals surface area contributed by atoms with Crippen LogP contribution in [-0.4, -0.2) is 32.4 Å². The standard InChI is InChI=1S/C16H24N2O2S/c1-5-11-18(8-4)21(19,20)16-12-14(13-17-7-3)9-10-15(16)6-2/h1,9-10,12,17H,6-8,11,13H2,2-4H3. The monoisotopic (exact) mass is 308 g/mol. The second-order valence-electron chi connectivity index (χ2n) is 4.71. The third-order valence-corrected chi connectivity index (χ3v) is 5.33. The van der Waals surface area contributed by atoms with Gasteiger partial charge in [0.15, 0.2) is 0 Å². The van der Waals surface area contributed by atoms with E-state index in [-0.39, 0.29) is 6.54 Å². The van der Waals surface area contributed by atoms with E-state index in [1.165, 1.54) is 4.31 Å². The normalized spacial score (nSPS) is 11.6. The first-order valence-electron chi connectivity index (χ1n) is 7.27. The molecule has 1 rings (SSSR count). The molecule has 1 N–H and O–H groups in total. The van der Waals surface area contributed by atoms with E-state index in [1.807, 2.05) is 26.0 Å². The van der Waals surface area contributed by atoms with E-state index in [9.17, 15) is 8.42 Å². The zero-order chi connectivity index (χ0) is 15.9. The first-order chi connectivity index (χ1) is 10.0. The lowest BCUT2D eigenvalue weighted by molar-refractivity contribution is 0.463. The molecule has 0 atom stereocenters. The van der Waals surface area contributed by atoms with Crippen LogP contribution in [0.4, 0.5) is 0 Å². The second kappa shape index (κ2) is 8.18. The number of terminal acetylenes is 1. The molecule has 0 amide bonds. The van der Waals surface area contributed by atoms with Gasteiger partial charge in [0.2, 0.25) is 10.0 Å². The SMILES string of the molecule is C#CCN(CC)S(=O)(=O)c1cc(CNCC)ccc1CC. The fourth-order valence-electron chi connectivity index (χ4n) is 2.12. The van der Waals surface area contributed by atoms with E-state index in [0.717, 1.165) is 17.7 Å². The number of nitrogens with one attached hydrogen (secondary N) is 1. The van der Waals surface area contributed by atoms with Crippen molar-refractivity contribution in [3.63, 3.8) is 0 Å². The molecule has 0 aromatic heterocycles. The van der Waals surface area contributed by atoms with E-state index in [4.69, 9.17) is 6.42 Å². The molecule has 1 aromatic rings. The summed E-state index contributed by atoms with van der Waals surface area (Å²) in [4.78, 5) is 0.373. The molecule has 116 valence electrons. The van der Waals surface area contributed by atoms with Gasteiger partial charge in [0, 0.05) is 13.1 Å². The molecule has 0 bridgehead atoms. The first-order valence-corrected chi connectivity index (χ1v) is 8.71. The van der Waals surface area contributed by atoms with Gasteiger partial charge in [-0.3, -0.25) is 0 Å². The van der Waals surface area contributed by atoms with Crippen LogP contribution in [0.3, 0.4) is 0 Å². The van der Waals surface area contributed by atoms with Gasteiger partial charge in [-0.2, -0.15) is 4.31 Å². The zero-order valence-electron chi connectivity index (χ0n) is 13.0. The number of hydrogen-bond acceptors (Lipinski definition) is 3. The minimum absolute atomic E-state index is 0.0967. The van der Waals surface area contributed by atoms with Gasteiger partial charge in [-0.25, -0.2) is 8.42 Å². The minimum atomic E-state index is -3.54. The molecule has 0 aliphatic heterocycles. The highest BCUT2D eigenvalue weighted by Crippen LogP contribution is 2.22. The molecular formula is C16H24N2O2S. The summed E-state index contributed by atoms with van der Waals surface area (Å²) >= 11 is 0. The van der Waals surface area contributed by atoms with Crippen LogP contribution in [0.15, 0.2) is 23.1 Å². The molecule has 0 heterocycles. The molecule has 21 heavy (non-hydrogen) atoms. The van der Waals surface area contributed by atoms with Crippen LogP contribution in [0, 0.1) is 12.3 Å². The summed E-state index contributed by atoms with van der Waals surface area (Å²) in [5.74, 6) is 2.42. The molecule has 0 radical (unpaired) electrons. The maximum absolute atomic E-state index is 12.8. The predicted octanol–water partition coefficient (Wildman–Crippen LogP) is 2.00. The van der Waals surface area contributed by atoms with Gasteiger partial charge in [-0.05, 0) is 30.2 Å². The van der Waals surface area contributed by atoms with E-state index < -0.39 is 10.0 Å². The maximum atomic E-state index is 12.8. The van der Waals surface area contributed by atoms with Crippen molar-refractivity contribution >= 4 is 10.0 Å². The molecular weight excluding hydrogens is 284 g/mol. The Labute approximate surface area is 128 Å². The van der Waals surface area contributed by atoms with Gasteiger partial charge in [0.25, 0.3) is 0 Å². The highest BCUT2D eigenvalue weighted by atomic mass is 32.2. The summed E-state index contributed by atoms with van der Waals surface area (Å²) < 4.78 is 26.9. The highest BCUT2D eigenvalue weighted by molar-refractivity contribution is 7.89. The van der Waals surface area contributed by atoms with Crippen molar-refractivity contribution < 1.29 is 8.42 Å². The molecule has 0 aliphatic rings. The van der Waals surface area contributed by atoms with Crippen LogP contribution in [0.1, 0.15) is 31.9 Å². The molecule has 0 unspecified atom stereocenters. The minimum Gasteiger partial charge on any atom is -0.313 e. The third-order valence-electron chi connectivity index (χ3n) is 3.33. The average Bonchev–Trinajstić information content (AvgIpc) is 2.49. The first kappa shape index (κ1) is 17.7. The molecule has 0 fully saturated rings. The summed E-state index contributed by atoms with van der Waals surface area (Å²) in [5, 5.41) is 3.21. The van der Waals surface area contributed by atoms with Gasteiger partial charge in [0.1, 0.15) is 0 Å². The molecule has 0 spiro atoms. The van der Waals surface area contributed by atoms with E-state index in [1.54, 1.807) is 13.0 Å². The number of benzene rings is 1. The van der Waals surface area contributed by atoms with Crippen LogP contribution in [0.5, 0.6) is 0 Å². The van der Waals surface area contributed by atoms with Crippen LogP contribution in [0.2, 0.25) is 0 Å². The molecule has 5 heteroatoms. The van der Waals surface area contributed by atoms with E-state index >= 15 is 0 Å². The second-order valence-corrected chi connectivity index (χ2v) is 6.62. The zero-order valence-corrected chi connectivity index (χ0v) is 13.8. The third kappa shape index (κ3) is 4.31. The van der Waals surface area contributed by atoms with Gasteiger partial charge in [-0.15, -0.1) is 6.42 Å². The number of rotatable bonds is 8. The van der Waals surface area contributed by atoms with Crippen molar-refractivity contribution in [1.29, 1.82) is 0 Å². The van der Waals surface area contributed by atoms with Crippen LogP contribution < -0.4 is 5.32 Å². The number of aryl methyl sites for hydroxylation is 1. The van der Waals surface area contributed by atoms with Gasteiger partial charge in [0.05, 0.1) is 11.4 Å². The van der Waals surface area contributed by atoms with Crippen molar-refractivity contribution in [3.8, 4) is 12.3 Å². The lowest BCUT2D eigenvalue weighted by Crippen LogP contribution is -2.32. The Kier molecular flexibility index (Phi) is 6.90. The van der Waals surface area contributed by atoms with Crippen LogP contribution in [0.25, 0.3) is 0 Å². The average molecular weight is 308 g/mol. The summed E-state index contributed by atoms with van der Waals surface area (Å²) in [6.07, 6.45) is 5.95. The van der Waals surface area contributed by atoms with Crippen molar-refractivity contribution in [2.45, 2.75) is 38.6 Å². The molecule has 0 aliphatic carbocycles. The summed E-state index contributed by atoms with van der Waals surface area (Å²) in [5.41, 5.74) is 1.79. The molecule has 0 saturated heterocycles. The van der Waals surface area contributed by atoms with E-state index in [0.29, 0.717) is 24.4 Å². The summed E-state index contributed by atoms with van der Waals surface area (Å²) in [6, 6.07) is 5.62. The highest BCUT2D eigenvalue weighted by Gasteiger charge is 2.25.